The molecule has 2 unspecified atom stereocenters. The standard InChI is InChI=1S/C15H30N2OS/c1-4-16-14-5-6-15(2,3)11-13(14)12-17-7-9-19(18)10-8-17/h13-14,16H,4-12H2,1-3H3. The summed E-state index contributed by atoms with van der Waals surface area (Å²) < 4.78 is 11.4. The van der Waals surface area contributed by atoms with E-state index in [1.54, 1.807) is 0 Å². The van der Waals surface area contributed by atoms with Gasteiger partial charge in [0.25, 0.3) is 0 Å². The highest BCUT2D eigenvalue weighted by Crippen LogP contribution is 2.39. The molecule has 112 valence electrons. The van der Waals surface area contributed by atoms with Crippen LogP contribution in [0.3, 0.4) is 0 Å². The fourth-order valence-corrected chi connectivity index (χ4v) is 4.78. The van der Waals surface area contributed by atoms with Crippen molar-refractivity contribution >= 4 is 10.8 Å². The van der Waals surface area contributed by atoms with Crippen LogP contribution in [-0.2, 0) is 10.8 Å². The largest absolute Gasteiger partial charge is 0.314 e. The zero-order valence-electron chi connectivity index (χ0n) is 12.8. The lowest BCUT2D eigenvalue weighted by molar-refractivity contribution is 0.104. The van der Waals surface area contributed by atoms with Crippen molar-refractivity contribution in [2.45, 2.75) is 46.1 Å². The van der Waals surface area contributed by atoms with E-state index in [-0.39, 0.29) is 0 Å². The average Bonchev–Trinajstić information content (AvgIpc) is 2.35. The molecule has 4 heteroatoms. The molecule has 0 radical (unpaired) electrons. The maximum absolute atomic E-state index is 11.4. The van der Waals surface area contributed by atoms with Crippen molar-refractivity contribution in [2.75, 3.05) is 37.7 Å². The molecule has 1 aliphatic heterocycles. The molecule has 0 aromatic rings. The van der Waals surface area contributed by atoms with Crippen LogP contribution in [0.15, 0.2) is 0 Å². The molecule has 0 aromatic heterocycles. The predicted octanol–water partition coefficient (Wildman–Crippen LogP) is 1.86. The molecule has 3 nitrogen and oxygen atoms in total. The van der Waals surface area contributed by atoms with E-state index in [4.69, 9.17) is 0 Å². The first kappa shape index (κ1) is 15.5. The molecule has 0 spiro atoms. The minimum absolute atomic E-state index is 0.495. The Hall–Kier alpha value is 0.0700. The average molecular weight is 286 g/mol. The zero-order valence-corrected chi connectivity index (χ0v) is 13.6. The van der Waals surface area contributed by atoms with E-state index >= 15 is 0 Å². The molecule has 2 rings (SSSR count). The SMILES string of the molecule is CCNC1CCC(C)(C)CC1CN1CCS(=O)CC1. The summed E-state index contributed by atoms with van der Waals surface area (Å²) in [5.41, 5.74) is 0.495. The van der Waals surface area contributed by atoms with Gasteiger partial charge in [0.1, 0.15) is 0 Å². The van der Waals surface area contributed by atoms with Crippen molar-refractivity contribution in [2.24, 2.45) is 11.3 Å². The van der Waals surface area contributed by atoms with Crippen LogP contribution >= 0.6 is 0 Å². The van der Waals surface area contributed by atoms with Gasteiger partial charge in [0.2, 0.25) is 0 Å². The van der Waals surface area contributed by atoms with Crippen LogP contribution in [0.1, 0.15) is 40.0 Å². The summed E-state index contributed by atoms with van der Waals surface area (Å²) >= 11 is 0. The Morgan fingerprint density at radius 1 is 1.32 bits per heavy atom. The van der Waals surface area contributed by atoms with E-state index in [0.29, 0.717) is 11.5 Å². The minimum atomic E-state index is -0.552. The Kier molecular flexibility index (Phi) is 5.44. The molecular formula is C15H30N2OS. The maximum Gasteiger partial charge on any atom is 0.0363 e. The zero-order chi connectivity index (χ0) is 13.9. The summed E-state index contributed by atoms with van der Waals surface area (Å²) in [7, 11) is -0.552. The Balaban J connectivity index is 1.91. The fraction of sp³-hybridized carbons (Fsp3) is 1.00. The molecular weight excluding hydrogens is 256 g/mol. The van der Waals surface area contributed by atoms with Crippen LogP contribution in [0.5, 0.6) is 0 Å². The maximum atomic E-state index is 11.4. The molecule has 19 heavy (non-hydrogen) atoms. The lowest BCUT2D eigenvalue weighted by Gasteiger charge is -2.43. The number of nitrogens with zero attached hydrogens (tertiary/aromatic N) is 1. The van der Waals surface area contributed by atoms with E-state index in [1.807, 2.05) is 0 Å². The van der Waals surface area contributed by atoms with E-state index in [1.165, 1.54) is 25.8 Å². The minimum Gasteiger partial charge on any atom is -0.314 e. The molecule has 0 aromatic carbocycles. The van der Waals surface area contributed by atoms with Crippen LogP contribution in [0.25, 0.3) is 0 Å². The van der Waals surface area contributed by atoms with Gasteiger partial charge in [-0.2, -0.15) is 0 Å². The normalized spacial score (nSPS) is 33.4. The van der Waals surface area contributed by atoms with Gasteiger partial charge >= 0.3 is 0 Å². The van der Waals surface area contributed by atoms with E-state index < -0.39 is 10.8 Å². The molecule has 0 bridgehead atoms. The molecule has 1 N–H and O–H groups in total. The van der Waals surface area contributed by atoms with Crippen molar-refractivity contribution in [3.8, 4) is 0 Å². The number of nitrogens with one attached hydrogen (secondary N) is 1. The molecule has 2 aliphatic rings. The first-order valence-electron chi connectivity index (χ1n) is 7.81. The highest BCUT2D eigenvalue weighted by molar-refractivity contribution is 7.85. The van der Waals surface area contributed by atoms with Crippen molar-refractivity contribution in [3.05, 3.63) is 0 Å². The lowest BCUT2D eigenvalue weighted by Crippen LogP contribution is -2.49. The molecule has 1 saturated carbocycles. The second-order valence-corrected chi connectivity index (χ2v) is 8.68. The molecule has 1 saturated heterocycles. The first-order valence-corrected chi connectivity index (χ1v) is 9.30. The summed E-state index contributed by atoms with van der Waals surface area (Å²) in [6.07, 6.45) is 3.97. The number of hydrogen-bond donors (Lipinski definition) is 1. The second-order valence-electron chi connectivity index (χ2n) is 6.98. The summed E-state index contributed by atoms with van der Waals surface area (Å²) in [6, 6.07) is 0.686. The third kappa shape index (κ3) is 4.54. The molecule has 2 fully saturated rings. The Bertz CT molecular complexity index is 309. The second kappa shape index (κ2) is 6.68. The van der Waals surface area contributed by atoms with E-state index in [2.05, 4.69) is 31.0 Å². The molecule has 1 aliphatic carbocycles. The van der Waals surface area contributed by atoms with Crippen LogP contribution < -0.4 is 5.32 Å². The Labute approximate surface area is 121 Å². The Morgan fingerprint density at radius 2 is 2.00 bits per heavy atom. The highest BCUT2D eigenvalue weighted by atomic mass is 32.2. The van der Waals surface area contributed by atoms with Gasteiger partial charge in [-0.1, -0.05) is 20.8 Å². The number of hydrogen-bond acceptors (Lipinski definition) is 3. The van der Waals surface area contributed by atoms with Crippen LogP contribution in [0.2, 0.25) is 0 Å². The third-order valence-corrected chi connectivity index (χ3v) is 6.02. The van der Waals surface area contributed by atoms with Crippen LogP contribution in [-0.4, -0.2) is 52.8 Å². The van der Waals surface area contributed by atoms with Crippen molar-refractivity contribution in [3.63, 3.8) is 0 Å². The van der Waals surface area contributed by atoms with Gasteiger partial charge in [-0.3, -0.25) is 4.21 Å². The van der Waals surface area contributed by atoms with Crippen molar-refractivity contribution in [1.29, 1.82) is 0 Å². The smallest absolute Gasteiger partial charge is 0.0363 e. The highest BCUT2D eigenvalue weighted by Gasteiger charge is 2.35. The first-order chi connectivity index (χ1) is 9.00. The van der Waals surface area contributed by atoms with Crippen LogP contribution in [0, 0.1) is 11.3 Å². The van der Waals surface area contributed by atoms with Gasteiger partial charge in [0.15, 0.2) is 0 Å². The quantitative estimate of drug-likeness (QED) is 0.856. The summed E-state index contributed by atoms with van der Waals surface area (Å²) in [5.74, 6) is 2.51. The van der Waals surface area contributed by atoms with Gasteiger partial charge in [-0.25, -0.2) is 0 Å². The molecule has 0 amide bonds. The molecule has 2 atom stereocenters. The third-order valence-electron chi connectivity index (χ3n) is 4.75. The van der Waals surface area contributed by atoms with E-state index in [9.17, 15) is 4.21 Å². The van der Waals surface area contributed by atoms with Gasteiger partial charge in [0, 0.05) is 48.0 Å². The van der Waals surface area contributed by atoms with Crippen LogP contribution in [0.4, 0.5) is 0 Å². The van der Waals surface area contributed by atoms with Gasteiger partial charge in [0.05, 0.1) is 0 Å². The summed E-state index contributed by atoms with van der Waals surface area (Å²) in [5, 5.41) is 3.68. The van der Waals surface area contributed by atoms with Gasteiger partial charge < -0.3 is 10.2 Å². The topological polar surface area (TPSA) is 32.3 Å². The summed E-state index contributed by atoms with van der Waals surface area (Å²) in [4.78, 5) is 2.54. The van der Waals surface area contributed by atoms with E-state index in [0.717, 1.165) is 37.1 Å². The summed E-state index contributed by atoms with van der Waals surface area (Å²) in [6.45, 7) is 11.4. The molecule has 1 heterocycles. The Morgan fingerprint density at radius 3 is 2.63 bits per heavy atom. The van der Waals surface area contributed by atoms with Crippen molar-refractivity contribution in [1.82, 2.24) is 10.2 Å². The number of rotatable bonds is 4. The predicted molar refractivity (Wildman–Crippen MR) is 82.9 cm³/mol. The van der Waals surface area contributed by atoms with Gasteiger partial charge in [-0.05, 0) is 37.1 Å². The van der Waals surface area contributed by atoms with Gasteiger partial charge in [-0.15, -0.1) is 0 Å². The fourth-order valence-electron chi connectivity index (χ4n) is 3.65. The monoisotopic (exact) mass is 286 g/mol. The van der Waals surface area contributed by atoms with Crippen molar-refractivity contribution < 1.29 is 4.21 Å². The lowest BCUT2D eigenvalue weighted by atomic mass is 9.69.